The fourth-order valence-electron chi connectivity index (χ4n) is 3.70. The molecule has 0 saturated heterocycles. The smallest absolute Gasteiger partial charge is 0.219 e. The van der Waals surface area contributed by atoms with Gasteiger partial charge in [-0.25, -0.2) is 15.0 Å². The Labute approximate surface area is 185 Å². The second-order valence-electron chi connectivity index (χ2n) is 7.31. The summed E-state index contributed by atoms with van der Waals surface area (Å²) < 4.78 is 5.87. The zero-order valence-corrected chi connectivity index (χ0v) is 17.7. The van der Waals surface area contributed by atoms with Gasteiger partial charge in [0, 0.05) is 34.9 Å². The number of hydrogen-bond donors (Lipinski definition) is 1. The van der Waals surface area contributed by atoms with Crippen LogP contribution in [0.15, 0.2) is 75.6 Å². The van der Waals surface area contributed by atoms with Crippen LogP contribution in [0.25, 0.3) is 55.3 Å². The molecule has 7 nitrogen and oxygen atoms in total. The summed E-state index contributed by atoms with van der Waals surface area (Å²) in [6, 6.07) is 13.5. The van der Waals surface area contributed by atoms with Crippen molar-refractivity contribution in [1.82, 2.24) is 24.9 Å². The number of aromatic nitrogens is 5. The lowest BCUT2D eigenvalue weighted by Crippen LogP contribution is -2.10. The van der Waals surface area contributed by atoms with Gasteiger partial charge in [0.25, 0.3) is 0 Å². The maximum absolute atomic E-state index is 13.3. The van der Waals surface area contributed by atoms with Crippen LogP contribution >= 0.6 is 11.3 Å². The number of benzene rings is 1. The normalized spacial score (nSPS) is 11.4. The monoisotopic (exact) mass is 437 g/mol. The van der Waals surface area contributed by atoms with E-state index in [1.165, 1.54) is 11.3 Å². The van der Waals surface area contributed by atoms with E-state index in [9.17, 15) is 4.79 Å². The molecule has 5 aromatic heterocycles. The van der Waals surface area contributed by atoms with Gasteiger partial charge in [0.1, 0.15) is 22.2 Å². The number of furan rings is 1. The summed E-state index contributed by atoms with van der Waals surface area (Å²) in [5.74, 6) is 1.35. The number of nitrogens with one attached hydrogen (secondary N) is 1. The molecule has 32 heavy (non-hydrogen) atoms. The predicted octanol–water partition coefficient (Wildman–Crippen LogP) is 5.23. The third-order valence-corrected chi connectivity index (χ3v) is 6.03. The van der Waals surface area contributed by atoms with E-state index in [0.717, 1.165) is 22.2 Å². The average molecular weight is 437 g/mol. The van der Waals surface area contributed by atoms with Crippen molar-refractivity contribution in [3.63, 3.8) is 0 Å². The van der Waals surface area contributed by atoms with E-state index in [4.69, 9.17) is 14.4 Å². The second-order valence-corrected chi connectivity index (χ2v) is 8.20. The molecule has 1 aromatic carbocycles. The lowest BCUT2D eigenvalue weighted by molar-refractivity contribution is 0.546. The van der Waals surface area contributed by atoms with Crippen LogP contribution < -0.4 is 5.43 Å². The van der Waals surface area contributed by atoms with Gasteiger partial charge in [-0.2, -0.15) is 0 Å². The maximum Gasteiger partial charge on any atom is 0.219 e. The van der Waals surface area contributed by atoms with E-state index in [1.54, 1.807) is 18.6 Å². The van der Waals surface area contributed by atoms with Crippen LogP contribution in [-0.2, 0) is 0 Å². The molecule has 0 aliphatic rings. The molecular weight excluding hydrogens is 422 g/mol. The Morgan fingerprint density at radius 2 is 1.94 bits per heavy atom. The summed E-state index contributed by atoms with van der Waals surface area (Å²) in [5, 5.41) is 3.44. The van der Waals surface area contributed by atoms with Crippen LogP contribution in [0.1, 0.15) is 5.76 Å². The molecule has 0 amide bonds. The summed E-state index contributed by atoms with van der Waals surface area (Å²) in [5.41, 5.74) is 3.74. The van der Waals surface area contributed by atoms with Crippen molar-refractivity contribution >= 4 is 33.4 Å². The Hall–Kier alpha value is -4.17. The minimum absolute atomic E-state index is 0.216. The Kier molecular flexibility index (Phi) is 4.19. The van der Waals surface area contributed by atoms with Crippen molar-refractivity contribution in [2.45, 2.75) is 6.92 Å². The van der Waals surface area contributed by atoms with Gasteiger partial charge in [0.2, 0.25) is 5.43 Å². The molecule has 1 N–H and O–H groups in total. The number of thiazole rings is 1. The lowest BCUT2D eigenvalue weighted by atomic mass is 10.0. The van der Waals surface area contributed by atoms with Crippen LogP contribution in [0.3, 0.4) is 0 Å². The first kappa shape index (κ1) is 18.6. The molecule has 0 radical (unpaired) electrons. The van der Waals surface area contributed by atoms with Crippen LogP contribution in [0.5, 0.6) is 0 Å². The Bertz CT molecular complexity index is 1670. The third-order valence-electron chi connectivity index (χ3n) is 5.22. The topological polar surface area (TPSA) is 97.6 Å². The molecule has 0 aliphatic heterocycles. The van der Waals surface area contributed by atoms with E-state index in [2.05, 4.69) is 15.0 Å². The van der Waals surface area contributed by atoms with E-state index < -0.39 is 0 Å². The van der Waals surface area contributed by atoms with Gasteiger partial charge in [-0.15, -0.1) is 11.3 Å². The molecule has 6 rings (SSSR count). The molecule has 5 heterocycles. The first-order chi connectivity index (χ1) is 15.7. The Morgan fingerprint density at radius 1 is 1.00 bits per heavy atom. The number of fused-ring (bicyclic) bond motifs is 2. The second kappa shape index (κ2) is 7.21. The zero-order chi connectivity index (χ0) is 21.7. The quantitative estimate of drug-likeness (QED) is 0.407. The number of H-pyrrole nitrogens is 1. The van der Waals surface area contributed by atoms with Crippen LogP contribution in [0.4, 0.5) is 0 Å². The summed E-state index contributed by atoms with van der Waals surface area (Å²) in [4.78, 5) is 34.6. The van der Waals surface area contributed by atoms with Crippen molar-refractivity contribution in [1.29, 1.82) is 0 Å². The predicted molar refractivity (Wildman–Crippen MR) is 124 cm³/mol. The highest BCUT2D eigenvalue weighted by molar-refractivity contribution is 7.13. The SMILES string of the molecule is Cc1ccc(-c2nc3[nH]cc(-c4nccs4)c(=O)c3nc2-c2ccc3ncccc3c2)o1. The molecule has 8 heteroatoms. The molecule has 0 spiro atoms. The number of rotatable bonds is 3. The van der Waals surface area contributed by atoms with Gasteiger partial charge in [-0.3, -0.25) is 9.78 Å². The van der Waals surface area contributed by atoms with E-state index >= 15 is 0 Å². The number of aromatic amines is 1. The van der Waals surface area contributed by atoms with E-state index in [-0.39, 0.29) is 10.9 Å². The van der Waals surface area contributed by atoms with Crippen molar-refractivity contribution < 1.29 is 4.42 Å². The molecule has 0 atom stereocenters. The molecule has 0 unspecified atom stereocenters. The van der Waals surface area contributed by atoms with Crippen LogP contribution in [0.2, 0.25) is 0 Å². The summed E-state index contributed by atoms with van der Waals surface area (Å²) >= 11 is 1.40. The number of pyridine rings is 2. The zero-order valence-electron chi connectivity index (χ0n) is 16.9. The van der Waals surface area contributed by atoms with Gasteiger partial charge in [-0.05, 0) is 37.3 Å². The average Bonchev–Trinajstić information content (AvgIpc) is 3.50. The van der Waals surface area contributed by atoms with E-state index in [1.807, 2.05) is 54.8 Å². The molecule has 0 saturated carbocycles. The van der Waals surface area contributed by atoms with Crippen molar-refractivity contribution in [2.24, 2.45) is 0 Å². The number of hydrogen-bond acceptors (Lipinski definition) is 7. The molecular formula is C24H15N5O2S. The van der Waals surface area contributed by atoms with Gasteiger partial charge in [0.15, 0.2) is 16.9 Å². The highest BCUT2D eigenvalue weighted by Crippen LogP contribution is 2.33. The molecule has 0 fully saturated rings. The molecule has 0 bridgehead atoms. The fourth-order valence-corrected chi connectivity index (χ4v) is 4.35. The van der Waals surface area contributed by atoms with Crippen molar-refractivity contribution in [3.05, 3.63) is 82.4 Å². The minimum atomic E-state index is -0.216. The van der Waals surface area contributed by atoms with Crippen molar-refractivity contribution in [3.8, 4) is 33.3 Å². The first-order valence-electron chi connectivity index (χ1n) is 9.92. The highest BCUT2D eigenvalue weighted by atomic mass is 32.1. The van der Waals surface area contributed by atoms with Gasteiger partial charge >= 0.3 is 0 Å². The standard InChI is InChI=1S/C24H15N5O2S/c1-13-4-7-18(31-13)20-19(15-5-6-17-14(11-15)3-2-8-25-17)28-21-22(30)16(12-27-23(21)29-20)24-26-9-10-32-24/h2-12H,1H3,(H,27,29,30). The van der Waals surface area contributed by atoms with Gasteiger partial charge in [-0.1, -0.05) is 12.1 Å². The van der Waals surface area contributed by atoms with Gasteiger partial charge < -0.3 is 9.40 Å². The molecule has 154 valence electrons. The van der Waals surface area contributed by atoms with Gasteiger partial charge in [0.05, 0.1) is 11.1 Å². The summed E-state index contributed by atoms with van der Waals surface area (Å²) in [7, 11) is 0. The Balaban J connectivity index is 1.66. The van der Waals surface area contributed by atoms with Crippen LogP contribution in [-0.4, -0.2) is 24.9 Å². The third kappa shape index (κ3) is 3.00. The Morgan fingerprint density at radius 3 is 2.75 bits per heavy atom. The highest BCUT2D eigenvalue weighted by Gasteiger charge is 2.19. The number of nitrogens with zero attached hydrogens (tertiary/aromatic N) is 4. The number of aryl methyl sites for hydroxylation is 1. The van der Waals surface area contributed by atoms with Crippen molar-refractivity contribution in [2.75, 3.05) is 0 Å². The largest absolute Gasteiger partial charge is 0.460 e. The lowest BCUT2D eigenvalue weighted by Gasteiger charge is -2.10. The maximum atomic E-state index is 13.3. The fraction of sp³-hybridized carbons (Fsp3) is 0.0417. The molecule has 6 aromatic rings. The first-order valence-corrected chi connectivity index (χ1v) is 10.8. The van der Waals surface area contributed by atoms with E-state index in [0.29, 0.717) is 33.4 Å². The summed E-state index contributed by atoms with van der Waals surface area (Å²) in [6.07, 6.45) is 5.07. The van der Waals surface area contributed by atoms with Crippen LogP contribution in [0, 0.1) is 6.92 Å². The minimum Gasteiger partial charge on any atom is -0.460 e. The summed E-state index contributed by atoms with van der Waals surface area (Å²) in [6.45, 7) is 1.88. The molecule has 0 aliphatic carbocycles.